The molecule has 0 spiro atoms. The van der Waals surface area contributed by atoms with Gasteiger partial charge in [0, 0.05) is 5.69 Å². The second-order valence-electron chi connectivity index (χ2n) is 5.48. The third-order valence-corrected chi connectivity index (χ3v) is 4.48. The van der Waals surface area contributed by atoms with Crippen LogP contribution in [0.1, 0.15) is 38.1 Å². The molecule has 0 fully saturated rings. The van der Waals surface area contributed by atoms with Crippen molar-refractivity contribution < 1.29 is 14.0 Å². The molecule has 0 saturated carbocycles. The smallest absolute Gasteiger partial charge is 0.286 e. The first-order valence-corrected chi connectivity index (χ1v) is 8.61. The molecule has 132 valence electrons. The zero-order valence-corrected chi connectivity index (χ0v) is 14.6. The highest BCUT2D eigenvalue weighted by Gasteiger charge is 2.19. The number of aromatic nitrogens is 2. The number of rotatable bonds is 5. The Hall–Kier alpha value is -3.13. The third-order valence-electron chi connectivity index (χ3n) is 3.56. The molecule has 3 aromatic rings. The molecule has 3 rings (SSSR count). The SMILES string of the molecule is CC(NC(=O)c1nnc(C(=O)Nc2ccc(F)cc2)s1)c1ccccc1. The van der Waals surface area contributed by atoms with Gasteiger partial charge in [0.1, 0.15) is 5.82 Å². The number of hydrogen-bond acceptors (Lipinski definition) is 5. The van der Waals surface area contributed by atoms with E-state index in [1.54, 1.807) is 0 Å². The summed E-state index contributed by atoms with van der Waals surface area (Å²) in [6, 6.07) is 14.6. The van der Waals surface area contributed by atoms with Gasteiger partial charge in [-0.2, -0.15) is 0 Å². The van der Waals surface area contributed by atoms with Crippen LogP contribution in [-0.2, 0) is 0 Å². The van der Waals surface area contributed by atoms with E-state index in [2.05, 4.69) is 20.8 Å². The number of nitrogens with one attached hydrogen (secondary N) is 2. The first-order valence-electron chi connectivity index (χ1n) is 7.79. The third kappa shape index (κ3) is 4.28. The molecule has 2 amide bonds. The highest BCUT2D eigenvalue weighted by Crippen LogP contribution is 2.16. The van der Waals surface area contributed by atoms with Crippen molar-refractivity contribution in [2.75, 3.05) is 5.32 Å². The van der Waals surface area contributed by atoms with Crippen molar-refractivity contribution in [1.29, 1.82) is 0 Å². The molecule has 1 aromatic heterocycles. The van der Waals surface area contributed by atoms with Crippen LogP contribution in [0, 0.1) is 5.82 Å². The topological polar surface area (TPSA) is 84.0 Å². The highest BCUT2D eigenvalue weighted by molar-refractivity contribution is 7.15. The fraction of sp³-hybridized carbons (Fsp3) is 0.111. The Morgan fingerprint density at radius 3 is 2.23 bits per heavy atom. The molecule has 0 radical (unpaired) electrons. The van der Waals surface area contributed by atoms with E-state index in [-0.39, 0.29) is 16.1 Å². The Kier molecular flexibility index (Phi) is 5.33. The zero-order valence-electron chi connectivity index (χ0n) is 13.8. The Balaban J connectivity index is 1.64. The minimum absolute atomic E-state index is 0.0480. The minimum atomic E-state index is -0.510. The molecular weight excluding hydrogens is 355 g/mol. The van der Waals surface area contributed by atoms with E-state index < -0.39 is 17.6 Å². The molecule has 6 nitrogen and oxygen atoms in total. The van der Waals surface area contributed by atoms with E-state index in [4.69, 9.17) is 0 Å². The molecule has 0 aliphatic carbocycles. The summed E-state index contributed by atoms with van der Waals surface area (Å²) in [5.41, 5.74) is 1.38. The number of benzene rings is 2. The van der Waals surface area contributed by atoms with E-state index in [1.807, 2.05) is 37.3 Å². The summed E-state index contributed by atoms with van der Waals surface area (Å²) in [5, 5.41) is 13.1. The lowest BCUT2D eigenvalue weighted by Gasteiger charge is -2.12. The lowest BCUT2D eigenvalue weighted by Crippen LogP contribution is -2.26. The molecule has 8 heteroatoms. The van der Waals surface area contributed by atoms with Crippen LogP contribution in [0.25, 0.3) is 0 Å². The van der Waals surface area contributed by atoms with Gasteiger partial charge in [0.15, 0.2) is 0 Å². The number of hydrogen-bond donors (Lipinski definition) is 2. The van der Waals surface area contributed by atoms with Crippen LogP contribution in [0.15, 0.2) is 54.6 Å². The van der Waals surface area contributed by atoms with Gasteiger partial charge in [0.25, 0.3) is 11.8 Å². The maximum atomic E-state index is 12.9. The van der Waals surface area contributed by atoms with Crippen molar-refractivity contribution in [2.45, 2.75) is 13.0 Å². The second-order valence-corrected chi connectivity index (χ2v) is 6.46. The second kappa shape index (κ2) is 7.83. The largest absolute Gasteiger partial charge is 0.343 e. The predicted octanol–water partition coefficient (Wildman–Crippen LogP) is 3.42. The molecule has 1 atom stereocenters. The fourth-order valence-electron chi connectivity index (χ4n) is 2.21. The van der Waals surface area contributed by atoms with Crippen molar-refractivity contribution in [3.63, 3.8) is 0 Å². The molecule has 0 aliphatic rings. The fourth-order valence-corrected chi connectivity index (χ4v) is 2.85. The normalized spacial score (nSPS) is 11.6. The molecule has 0 saturated heterocycles. The predicted molar refractivity (Wildman–Crippen MR) is 96.6 cm³/mol. The van der Waals surface area contributed by atoms with Crippen LogP contribution in [0.5, 0.6) is 0 Å². The molecule has 1 heterocycles. The van der Waals surface area contributed by atoms with Gasteiger partial charge in [-0.1, -0.05) is 41.7 Å². The van der Waals surface area contributed by atoms with Gasteiger partial charge in [-0.3, -0.25) is 9.59 Å². The number of carbonyl (C=O) groups excluding carboxylic acids is 2. The van der Waals surface area contributed by atoms with Gasteiger partial charge in [-0.25, -0.2) is 4.39 Å². The van der Waals surface area contributed by atoms with Crippen LogP contribution in [0.2, 0.25) is 0 Å². The first-order chi connectivity index (χ1) is 12.5. The van der Waals surface area contributed by atoms with Gasteiger partial charge in [-0.15, -0.1) is 10.2 Å². The molecule has 0 aliphatic heterocycles. The number of anilines is 1. The molecule has 1 unspecified atom stereocenters. The lowest BCUT2D eigenvalue weighted by atomic mass is 10.1. The molecule has 2 N–H and O–H groups in total. The van der Waals surface area contributed by atoms with E-state index >= 15 is 0 Å². The number of amides is 2. The van der Waals surface area contributed by atoms with Gasteiger partial charge < -0.3 is 10.6 Å². The quantitative estimate of drug-likeness (QED) is 0.721. The Morgan fingerprint density at radius 2 is 1.58 bits per heavy atom. The molecule has 26 heavy (non-hydrogen) atoms. The van der Waals surface area contributed by atoms with Crippen LogP contribution >= 0.6 is 11.3 Å². The highest BCUT2D eigenvalue weighted by atomic mass is 32.1. The molecule has 0 bridgehead atoms. The van der Waals surface area contributed by atoms with Crippen molar-refractivity contribution in [3.8, 4) is 0 Å². The van der Waals surface area contributed by atoms with Crippen LogP contribution < -0.4 is 10.6 Å². The van der Waals surface area contributed by atoms with Gasteiger partial charge >= 0.3 is 0 Å². The maximum Gasteiger partial charge on any atom is 0.286 e. The Morgan fingerprint density at radius 1 is 0.962 bits per heavy atom. The van der Waals surface area contributed by atoms with E-state index in [9.17, 15) is 14.0 Å². The summed E-state index contributed by atoms with van der Waals surface area (Å²) in [6.07, 6.45) is 0. The van der Waals surface area contributed by atoms with E-state index in [0.29, 0.717) is 5.69 Å². The number of carbonyl (C=O) groups is 2. The summed E-state index contributed by atoms with van der Waals surface area (Å²) in [6.45, 7) is 1.86. The summed E-state index contributed by atoms with van der Waals surface area (Å²) >= 11 is 0.888. The monoisotopic (exact) mass is 370 g/mol. The van der Waals surface area contributed by atoms with Crippen molar-refractivity contribution in [3.05, 3.63) is 76.0 Å². The lowest BCUT2D eigenvalue weighted by molar-refractivity contribution is 0.0937. The zero-order chi connectivity index (χ0) is 18.5. The molecular formula is C18H15FN4O2S. The maximum absolute atomic E-state index is 12.9. The Labute approximate surface area is 153 Å². The minimum Gasteiger partial charge on any atom is -0.343 e. The standard InChI is InChI=1S/C18H15FN4O2S/c1-11(12-5-3-2-4-6-12)20-15(24)17-22-23-18(26-17)16(25)21-14-9-7-13(19)8-10-14/h2-11H,1H3,(H,20,24)(H,21,25). The van der Waals surface area contributed by atoms with E-state index in [1.165, 1.54) is 24.3 Å². The molecule has 2 aromatic carbocycles. The van der Waals surface area contributed by atoms with Crippen LogP contribution in [0.4, 0.5) is 10.1 Å². The van der Waals surface area contributed by atoms with Crippen molar-refractivity contribution >= 4 is 28.8 Å². The van der Waals surface area contributed by atoms with Crippen molar-refractivity contribution in [1.82, 2.24) is 15.5 Å². The van der Waals surface area contributed by atoms with Crippen LogP contribution in [-0.4, -0.2) is 22.0 Å². The summed E-state index contributed by atoms with van der Waals surface area (Å²) in [5.74, 6) is -1.31. The van der Waals surface area contributed by atoms with Crippen LogP contribution in [0.3, 0.4) is 0 Å². The average molecular weight is 370 g/mol. The Bertz CT molecular complexity index is 912. The van der Waals surface area contributed by atoms with Gasteiger partial charge in [0.2, 0.25) is 10.0 Å². The summed E-state index contributed by atoms with van der Waals surface area (Å²) in [4.78, 5) is 24.4. The number of nitrogens with zero attached hydrogens (tertiary/aromatic N) is 2. The van der Waals surface area contributed by atoms with Gasteiger partial charge in [0.05, 0.1) is 6.04 Å². The first kappa shape index (κ1) is 17.7. The van der Waals surface area contributed by atoms with E-state index in [0.717, 1.165) is 16.9 Å². The summed E-state index contributed by atoms with van der Waals surface area (Å²) in [7, 11) is 0. The number of halogens is 1. The van der Waals surface area contributed by atoms with Gasteiger partial charge in [-0.05, 0) is 36.8 Å². The summed E-state index contributed by atoms with van der Waals surface area (Å²) < 4.78 is 12.9. The average Bonchev–Trinajstić information content (AvgIpc) is 3.15. The van der Waals surface area contributed by atoms with Crippen molar-refractivity contribution in [2.24, 2.45) is 0 Å².